The van der Waals surface area contributed by atoms with Crippen molar-refractivity contribution >= 4 is 17.9 Å². The summed E-state index contributed by atoms with van der Waals surface area (Å²) >= 11 is 0. The molecule has 0 aromatic heterocycles. The molecule has 1 rings (SSSR count). The van der Waals surface area contributed by atoms with Crippen LogP contribution in [0.2, 0.25) is 0 Å². The monoisotopic (exact) mass is 285 g/mol. The van der Waals surface area contributed by atoms with E-state index in [4.69, 9.17) is 5.11 Å². The zero-order valence-corrected chi connectivity index (χ0v) is 12.3. The molecule has 0 aromatic rings. The van der Waals surface area contributed by atoms with Gasteiger partial charge in [0.1, 0.15) is 0 Å². The van der Waals surface area contributed by atoms with Crippen molar-refractivity contribution in [3.8, 4) is 0 Å². The molecular formula is C13H23N3O4. The van der Waals surface area contributed by atoms with Crippen LogP contribution in [0.1, 0.15) is 19.8 Å². The van der Waals surface area contributed by atoms with Crippen molar-refractivity contribution < 1.29 is 19.5 Å². The number of urea groups is 1. The van der Waals surface area contributed by atoms with Gasteiger partial charge < -0.3 is 20.2 Å². The number of piperidine rings is 1. The summed E-state index contributed by atoms with van der Waals surface area (Å²) in [5.74, 6) is -1.76. The van der Waals surface area contributed by atoms with Gasteiger partial charge in [-0.1, -0.05) is 6.92 Å². The van der Waals surface area contributed by atoms with E-state index in [-0.39, 0.29) is 24.4 Å². The molecule has 1 fully saturated rings. The van der Waals surface area contributed by atoms with Crippen LogP contribution >= 0.6 is 0 Å². The molecule has 1 saturated heterocycles. The molecule has 3 amide bonds. The zero-order chi connectivity index (χ0) is 15.3. The number of hydrogen-bond acceptors (Lipinski definition) is 3. The van der Waals surface area contributed by atoms with Crippen LogP contribution in [-0.4, -0.2) is 66.5 Å². The molecule has 0 aliphatic carbocycles. The fraction of sp³-hybridized carbons (Fsp3) is 0.769. The zero-order valence-electron chi connectivity index (χ0n) is 12.3. The molecule has 2 atom stereocenters. The standard InChI is InChI=1S/C13H23N3O4/c1-9(11(17)14-2)7-15(3)13(20)16-6-4-5-10(8-16)12(18)19/h9-10H,4-8H2,1-3H3,(H,14,17)(H,18,19)/t9?,10-/m1/s1. The number of hydrogen-bond donors (Lipinski definition) is 2. The summed E-state index contributed by atoms with van der Waals surface area (Å²) in [6, 6.07) is -0.216. The quantitative estimate of drug-likeness (QED) is 0.773. The predicted molar refractivity (Wildman–Crippen MR) is 73.2 cm³/mol. The Bertz CT molecular complexity index is 386. The molecule has 7 nitrogen and oxygen atoms in total. The van der Waals surface area contributed by atoms with Crippen LogP contribution in [-0.2, 0) is 9.59 Å². The first-order valence-corrected chi connectivity index (χ1v) is 6.81. The predicted octanol–water partition coefficient (Wildman–Crippen LogP) is 0.217. The van der Waals surface area contributed by atoms with Gasteiger partial charge in [-0.25, -0.2) is 4.79 Å². The molecule has 0 bridgehead atoms. The third-order valence-corrected chi connectivity index (χ3v) is 3.61. The summed E-state index contributed by atoms with van der Waals surface area (Å²) in [7, 11) is 3.19. The number of carbonyl (C=O) groups excluding carboxylic acids is 2. The Morgan fingerprint density at radius 1 is 1.45 bits per heavy atom. The number of carboxylic acid groups (broad SMARTS) is 1. The van der Waals surface area contributed by atoms with Crippen molar-refractivity contribution in [1.29, 1.82) is 0 Å². The van der Waals surface area contributed by atoms with Crippen LogP contribution in [0.4, 0.5) is 4.79 Å². The third kappa shape index (κ3) is 4.11. The normalized spacial score (nSPS) is 20.1. The lowest BCUT2D eigenvalue weighted by Crippen LogP contribution is -2.49. The lowest BCUT2D eigenvalue weighted by Gasteiger charge is -2.34. The van der Waals surface area contributed by atoms with Gasteiger partial charge in [-0.15, -0.1) is 0 Å². The van der Waals surface area contributed by atoms with Gasteiger partial charge in [-0.2, -0.15) is 0 Å². The summed E-state index contributed by atoms with van der Waals surface area (Å²) in [5.41, 5.74) is 0. The second kappa shape index (κ2) is 7.12. The molecule has 0 radical (unpaired) electrons. The van der Waals surface area contributed by atoms with E-state index in [1.54, 1.807) is 25.9 Å². The number of nitrogens with zero attached hydrogens (tertiary/aromatic N) is 2. The molecule has 1 heterocycles. The van der Waals surface area contributed by atoms with Crippen LogP contribution in [0.25, 0.3) is 0 Å². The van der Waals surface area contributed by atoms with E-state index in [1.165, 1.54) is 4.90 Å². The van der Waals surface area contributed by atoms with Crippen molar-refractivity contribution in [2.45, 2.75) is 19.8 Å². The fourth-order valence-electron chi connectivity index (χ4n) is 2.41. The molecule has 0 aromatic carbocycles. The van der Waals surface area contributed by atoms with E-state index in [0.29, 0.717) is 25.9 Å². The topological polar surface area (TPSA) is 90.0 Å². The average Bonchev–Trinajstić information content (AvgIpc) is 2.45. The molecule has 1 aliphatic rings. The Hall–Kier alpha value is -1.79. The van der Waals surface area contributed by atoms with Gasteiger partial charge in [0.15, 0.2) is 0 Å². The molecule has 20 heavy (non-hydrogen) atoms. The van der Waals surface area contributed by atoms with Crippen LogP contribution in [0.5, 0.6) is 0 Å². The molecule has 114 valence electrons. The number of likely N-dealkylation sites (tertiary alicyclic amines) is 1. The van der Waals surface area contributed by atoms with Gasteiger partial charge in [0, 0.05) is 33.7 Å². The van der Waals surface area contributed by atoms with E-state index in [2.05, 4.69) is 5.32 Å². The largest absolute Gasteiger partial charge is 0.481 e. The van der Waals surface area contributed by atoms with Gasteiger partial charge in [0.2, 0.25) is 5.91 Å². The number of carboxylic acids is 1. The highest BCUT2D eigenvalue weighted by molar-refractivity contribution is 5.80. The molecule has 2 N–H and O–H groups in total. The maximum Gasteiger partial charge on any atom is 0.319 e. The number of carbonyl (C=O) groups is 3. The Labute approximate surface area is 118 Å². The summed E-state index contributed by atoms with van der Waals surface area (Å²) < 4.78 is 0. The highest BCUT2D eigenvalue weighted by Crippen LogP contribution is 2.18. The Morgan fingerprint density at radius 2 is 2.10 bits per heavy atom. The number of nitrogens with one attached hydrogen (secondary N) is 1. The van der Waals surface area contributed by atoms with E-state index >= 15 is 0 Å². The summed E-state index contributed by atoms with van der Waals surface area (Å²) in [4.78, 5) is 37.7. The third-order valence-electron chi connectivity index (χ3n) is 3.61. The summed E-state index contributed by atoms with van der Waals surface area (Å²) in [5, 5.41) is 11.6. The van der Waals surface area contributed by atoms with Crippen LogP contribution in [0.15, 0.2) is 0 Å². The minimum atomic E-state index is -0.858. The number of amides is 3. The first-order valence-electron chi connectivity index (χ1n) is 6.81. The second-order valence-electron chi connectivity index (χ2n) is 5.30. The Morgan fingerprint density at radius 3 is 2.65 bits per heavy atom. The first kappa shape index (κ1) is 16.3. The molecular weight excluding hydrogens is 262 g/mol. The fourth-order valence-corrected chi connectivity index (χ4v) is 2.41. The van der Waals surface area contributed by atoms with Crippen molar-refractivity contribution in [3.05, 3.63) is 0 Å². The molecule has 1 aliphatic heterocycles. The molecule has 0 saturated carbocycles. The molecule has 7 heteroatoms. The van der Waals surface area contributed by atoms with Crippen LogP contribution < -0.4 is 5.32 Å². The van der Waals surface area contributed by atoms with Crippen molar-refractivity contribution in [1.82, 2.24) is 15.1 Å². The summed E-state index contributed by atoms with van der Waals surface area (Å²) in [6.07, 6.45) is 1.30. The van der Waals surface area contributed by atoms with Crippen LogP contribution in [0, 0.1) is 11.8 Å². The lowest BCUT2D eigenvalue weighted by molar-refractivity contribution is -0.143. The van der Waals surface area contributed by atoms with Crippen LogP contribution in [0.3, 0.4) is 0 Å². The first-order chi connectivity index (χ1) is 9.36. The lowest BCUT2D eigenvalue weighted by atomic mass is 9.98. The Kier molecular flexibility index (Phi) is 5.79. The van der Waals surface area contributed by atoms with E-state index < -0.39 is 11.9 Å². The van der Waals surface area contributed by atoms with Gasteiger partial charge in [0.05, 0.1) is 11.8 Å². The van der Waals surface area contributed by atoms with Crippen molar-refractivity contribution in [2.24, 2.45) is 11.8 Å². The van der Waals surface area contributed by atoms with E-state index in [1.807, 2.05) is 0 Å². The van der Waals surface area contributed by atoms with Gasteiger partial charge in [0.25, 0.3) is 0 Å². The van der Waals surface area contributed by atoms with E-state index in [0.717, 1.165) is 0 Å². The smallest absolute Gasteiger partial charge is 0.319 e. The SMILES string of the molecule is CNC(=O)C(C)CN(C)C(=O)N1CCC[C@@H](C(=O)O)C1. The average molecular weight is 285 g/mol. The molecule has 0 spiro atoms. The number of rotatable bonds is 4. The van der Waals surface area contributed by atoms with E-state index in [9.17, 15) is 14.4 Å². The molecule has 1 unspecified atom stereocenters. The van der Waals surface area contributed by atoms with Crippen molar-refractivity contribution in [3.63, 3.8) is 0 Å². The minimum absolute atomic E-state index is 0.119. The van der Waals surface area contributed by atoms with Gasteiger partial charge in [-0.3, -0.25) is 9.59 Å². The maximum atomic E-state index is 12.2. The highest BCUT2D eigenvalue weighted by Gasteiger charge is 2.30. The van der Waals surface area contributed by atoms with Gasteiger partial charge >= 0.3 is 12.0 Å². The second-order valence-corrected chi connectivity index (χ2v) is 5.30. The number of aliphatic carboxylic acids is 1. The highest BCUT2D eigenvalue weighted by atomic mass is 16.4. The minimum Gasteiger partial charge on any atom is -0.481 e. The van der Waals surface area contributed by atoms with Gasteiger partial charge in [-0.05, 0) is 12.8 Å². The summed E-state index contributed by atoms with van der Waals surface area (Å²) in [6.45, 7) is 2.87. The maximum absolute atomic E-state index is 12.2. The Balaban J connectivity index is 2.55. The van der Waals surface area contributed by atoms with Crippen molar-refractivity contribution in [2.75, 3.05) is 33.7 Å².